The number of hydrogen-bond donors (Lipinski definition) is 3. The topological polar surface area (TPSA) is 166 Å². The van der Waals surface area contributed by atoms with E-state index in [1.54, 1.807) is 78.9 Å². The Morgan fingerprint density at radius 3 is 1.53 bits per heavy atom. The van der Waals surface area contributed by atoms with Crippen LogP contribution in [0.1, 0.15) is 94.1 Å². The second kappa shape index (κ2) is 26.4. The van der Waals surface area contributed by atoms with Gasteiger partial charge in [-0.3, -0.25) is 14.4 Å². The van der Waals surface area contributed by atoms with Crippen LogP contribution in [0.15, 0.2) is 164 Å². The van der Waals surface area contributed by atoms with Crippen LogP contribution >= 0.6 is 0 Å². The molecule has 1 unspecified atom stereocenters. The van der Waals surface area contributed by atoms with Crippen LogP contribution in [0, 0.1) is 0 Å². The molecule has 5 aromatic carbocycles. The molecule has 0 aromatic heterocycles. The maximum absolute atomic E-state index is 12.4. The van der Waals surface area contributed by atoms with Crippen molar-refractivity contribution < 1.29 is 53.4 Å². The number of methoxy groups -OCH3 is 1. The third kappa shape index (κ3) is 16.0. The summed E-state index contributed by atoms with van der Waals surface area (Å²) in [5.74, 6) is -1.53. The van der Waals surface area contributed by atoms with Gasteiger partial charge < -0.3 is 34.3 Å². The normalized spacial score (nSPS) is 13.7. The number of phenols is 2. The molecule has 5 aromatic rings. The molecule has 6 rings (SSSR count). The number of benzene rings is 5. The molecule has 3 N–H and O–H groups in total. The fourth-order valence-corrected chi connectivity index (χ4v) is 6.20. The van der Waals surface area contributed by atoms with Crippen LogP contribution in [0.4, 0.5) is 0 Å². The maximum Gasteiger partial charge on any atom is 0.330 e. The third-order valence-electron chi connectivity index (χ3n) is 9.82. The third-order valence-corrected chi connectivity index (χ3v) is 9.82. The van der Waals surface area contributed by atoms with Gasteiger partial charge in [-0.25, -0.2) is 4.79 Å². The highest BCUT2D eigenvalue weighted by molar-refractivity contribution is 6.12. The summed E-state index contributed by atoms with van der Waals surface area (Å²) in [5, 5.41) is 29.9. The van der Waals surface area contributed by atoms with E-state index >= 15 is 0 Å². The summed E-state index contributed by atoms with van der Waals surface area (Å²) >= 11 is 0. The molecule has 1 atom stereocenters. The lowest BCUT2D eigenvalue weighted by atomic mass is 9.96. The van der Waals surface area contributed by atoms with E-state index in [4.69, 9.17) is 18.9 Å². The first kappa shape index (κ1) is 49.6. The molecule has 334 valence electrons. The summed E-state index contributed by atoms with van der Waals surface area (Å²) < 4.78 is 20.7. The molecule has 0 saturated heterocycles. The lowest BCUT2D eigenvalue weighted by Crippen LogP contribution is -2.29. The summed E-state index contributed by atoms with van der Waals surface area (Å²) in [7, 11) is 1.43. The van der Waals surface area contributed by atoms with Crippen LogP contribution in [0.2, 0.25) is 0 Å². The number of phenolic OH excluding ortho intramolecular Hbond substituents is 2. The van der Waals surface area contributed by atoms with Crippen molar-refractivity contribution in [1.29, 1.82) is 0 Å². The lowest BCUT2D eigenvalue weighted by Gasteiger charge is -2.24. The summed E-state index contributed by atoms with van der Waals surface area (Å²) in [5.41, 5.74) is 2.78. The molecule has 0 spiro atoms. The Balaban J connectivity index is 0.000000214. The molecule has 0 heterocycles. The van der Waals surface area contributed by atoms with Crippen molar-refractivity contribution in [3.8, 4) is 23.0 Å². The quantitative estimate of drug-likeness (QED) is 0.0224. The number of carbonyl (C=O) groups is 4. The molecule has 0 bridgehead atoms. The van der Waals surface area contributed by atoms with Gasteiger partial charge in [-0.2, -0.15) is 0 Å². The molecule has 0 amide bonds. The monoisotopic (exact) mass is 868 g/mol. The van der Waals surface area contributed by atoms with Gasteiger partial charge in [-0.1, -0.05) is 149 Å². The fraction of sp³-hybridized carbons (Fsp3) is 0.245. The summed E-state index contributed by atoms with van der Waals surface area (Å²) in [6, 6.07) is 36.0. The average Bonchev–Trinajstić information content (AvgIpc) is 3.33. The Bertz CT molecular complexity index is 2340. The predicted octanol–water partition coefficient (Wildman–Crippen LogP) is 10.2. The molecule has 1 aliphatic carbocycles. The first-order chi connectivity index (χ1) is 31.0. The van der Waals surface area contributed by atoms with E-state index < -0.39 is 11.8 Å². The van der Waals surface area contributed by atoms with Crippen LogP contribution in [-0.4, -0.2) is 71.4 Å². The van der Waals surface area contributed by atoms with Gasteiger partial charge in [-0.15, -0.1) is 0 Å². The molecule has 64 heavy (non-hydrogen) atoms. The first-order valence-electron chi connectivity index (χ1n) is 21.2. The number of esters is 1. The standard InChI is InChI=1S/C21H26O3.C18H16O5.C14H14O3/c1-2-3-4-5-6-10-15-24-18-13-14-19(20(22)16-18)21(23)17-11-8-7-9-12-17;1-2-17(20)23-11-10-22-14-8-9-15(16(19)12-14)18(21)13-6-4-3-5-7-13;1-17-14(16)9-7-12(8-10-14)13(15)11-5-3-2-4-6-11/h7-9,11-14,16,22H,2-6,10,15H2,1H3;2-9,12,19H,1,10-11H2;2-9,16H,10H2,1H3. The zero-order valence-electron chi connectivity index (χ0n) is 36.3. The molecular formula is C53H56O11. The number of allylic oxidation sites excluding steroid dienone is 2. The second-order valence-electron chi connectivity index (χ2n) is 14.5. The minimum absolute atomic E-state index is 0.0377. The van der Waals surface area contributed by atoms with Crippen molar-refractivity contribution in [3.05, 3.63) is 192 Å². The predicted molar refractivity (Wildman–Crippen MR) is 246 cm³/mol. The fourth-order valence-electron chi connectivity index (χ4n) is 6.20. The summed E-state index contributed by atoms with van der Waals surface area (Å²) in [6.07, 6.45) is 13.4. The molecule has 0 aliphatic heterocycles. The van der Waals surface area contributed by atoms with E-state index in [2.05, 4.69) is 13.5 Å². The van der Waals surface area contributed by atoms with Gasteiger partial charge in [0.15, 0.2) is 23.1 Å². The minimum atomic E-state index is -1.28. The molecular weight excluding hydrogens is 813 g/mol. The van der Waals surface area contributed by atoms with Gasteiger partial charge in [0.05, 0.1) is 17.7 Å². The first-order valence-corrected chi connectivity index (χ1v) is 21.2. The van der Waals surface area contributed by atoms with Gasteiger partial charge in [-0.05, 0) is 36.8 Å². The van der Waals surface area contributed by atoms with Gasteiger partial charge >= 0.3 is 5.97 Å². The van der Waals surface area contributed by atoms with Crippen molar-refractivity contribution in [2.45, 2.75) is 57.7 Å². The van der Waals surface area contributed by atoms with Crippen LogP contribution in [-0.2, 0) is 14.3 Å². The smallest absolute Gasteiger partial charge is 0.330 e. The largest absolute Gasteiger partial charge is 0.507 e. The lowest BCUT2D eigenvalue weighted by molar-refractivity contribution is -0.143. The number of ether oxygens (including phenoxy) is 4. The molecule has 0 saturated carbocycles. The Kier molecular flexibility index (Phi) is 20.5. The van der Waals surface area contributed by atoms with Crippen LogP contribution in [0.5, 0.6) is 23.0 Å². The van der Waals surface area contributed by atoms with Gasteiger partial charge in [0, 0.05) is 54.0 Å². The van der Waals surface area contributed by atoms with Crippen molar-refractivity contribution in [2.24, 2.45) is 0 Å². The summed E-state index contributed by atoms with van der Waals surface area (Å²) in [6.45, 7) is 6.32. The van der Waals surface area contributed by atoms with Gasteiger partial charge in [0.2, 0.25) is 0 Å². The highest BCUT2D eigenvalue weighted by atomic mass is 16.6. The average molecular weight is 869 g/mol. The van der Waals surface area contributed by atoms with Crippen molar-refractivity contribution in [3.63, 3.8) is 0 Å². The van der Waals surface area contributed by atoms with E-state index in [0.717, 1.165) is 18.9 Å². The number of hydrogen-bond acceptors (Lipinski definition) is 11. The summed E-state index contributed by atoms with van der Waals surface area (Å²) in [4.78, 5) is 47.6. The SMILES string of the molecule is C=CC(=O)OCCOc1ccc(C(=O)c2ccccc2)c(O)c1.CCCCCCCCOc1ccc(C(=O)c2ccccc2)c(O)c1.COC1(O)C=CC(C(=O)c2ccccc2)=CC1. The van der Waals surface area contributed by atoms with Crippen molar-refractivity contribution >= 4 is 23.3 Å². The van der Waals surface area contributed by atoms with E-state index in [0.29, 0.717) is 45.9 Å². The van der Waals surface area contributed by atoms with Crippen LogP contribution in [0.25, 0.3) is 0 Å². The van der Waals surface area contributed by atoms with E-state index in [1.807, 2.05) is 42.5 Å². The van der Waals surface area contributed by atoms with E-state index in [1.165, 1.54) is 57.1 Å². The van der Waals surface area contributed by atoms with Crippen LogP contribution in [0.3, 0.4) is 0 Å². The molecule has 1 aliphatic rings. The Morgan fingerprint density at radius 1 is 0.625 bits per heavy atom. The van der Waals surface area contributed by atoms with Gasteiger partial charge in [0.1, 0.15) is 36.2 Å². The zero-order chi connectivity index (χ0) is 46.2. The van der Waals surface area contributed by atoms with E-state index in [9.17, 15) is 34.5 Å². The molecule has 11 heteroatoms. The number of aromatic hydroxyl groups is 2. The Morgan fingerprint density at radius 2 is 1.09 bits per heavy atom. The Hall–Kier alpha value is -7.08. The van der Waals surface area contributed by atoms with Crippen molar-refractivity contribution in [2.75, 3.05) is 26.9 Å². The Labute approximate surface area is 374 Å². The number of carbonyl (C=O) groups excluding carboxylic acids is 4. The molecule has 0 fully saturated rings. The number of Topliss-reactive ketones (excluding diaryl/α,β-unsaturated/α-hetero) is 1. The minimum Gasteiger partial charge on any atom is -0.507 e. The van der Waals surface area contributed by atoms with Crippen LogP contribution < -0.4 is 9.47 Å². The number of rotatable bonds is 20. The molecule has 11 nitrogen and oxygen atoms in total. The molecule has 0 radical (unpaired) electrons. The highest BCUT2D eigenvalue weighted by Crippen LogP contribution is 2.28. The number of ketones is 3. The highest BCUT2D eigenvalue weighted by Gasteiger charge is 2.26. The van der Waals surface area contributed by atoms with E-state index in [-0.39, 0.29) is 54.0 Å². The maximum atomic E-state index is 12.4. The number of aliphatic hydroxyl groups is 1. The van der Waals surface area contributed by atoms with Crippen molar-refractivity contribution in [1.82, 2.24) is 0 Å². The zero-order valence-corrected chi connectivity index (χ0v) is 36.3. The van der Waals surface area contributed by atoms with Gasteiger partial charge in [0.25, 0.3) is 0 Å². The number of unbranched alkanes of at least 4 members (excludes halogenated alkanes) is 5. The second-order valence-corrected chi connectivity index (χ2v) is 14.5.